The van der Waals surface area contributed by atoms with Crippen LogP contribution in [0.3, 0.4) is 0 Å². The number of benzene rings is 1. The summed E-state index contributed by atoms with van der Waals surface area (Å²) in [5.74, 6) is 3.44. The van der Waals surface area contributed by atoms with Crippen molar-refractivity contribution < 1.29 is 24.2 Å². The molecule has 6 nitrogen and oxygen atoms in total. The van der Waals surface area contributed by atoms with Gasteiger partial charge in [0, 0.05) is 29.3 Å². The second kappa shape index (κ2) is 15.1. The number of hydrogen-bond donors (Lipinski definition) is 1. The summed E-state index contributed by atoms with van der Waals surface area (Å²) >= 11 is 0. The summed E-state index contributed by atoms with van der Waals surface area (Å²) in [6.07, 6.45) is 13.4. The van der Waals surface area contributed by atoms with Crippen molar-refractivity contribution in [1.29, 1.82) is 0 Å². The fourth-order valence-corrected chi connectivity index (χ4v) is 6.69. The van der Waals surface area contributed by atoms with E-state index >= 15 is 0 Å². The lowest BCUT2D eigenvalue weighted by atomic mass is 9.61. The first-order valence-electron chi connectivity index (χ1n) is 15.3. The summed E-state index contributed by atoms with van der Waals surface area (Å²) < 4.78 is 12.1. The molecular formula is C35H49NO5. The van der Waals surface area contributed by atoms with E-state index in [1.54, 1.807) is 57.4 Å². The summed E-state index contributed by atoms with van der Waals surface area (Å²) in [6, 6.07) is 5.28. The third kappa shape index (κ3) is 7.93. The minimum Gasteiger partial charge on any atom is -0.508 e. The van der Waals surface area contributed by atoms with Gasteiger partial charge < -0.3 is 14.6 Å². The van der Waals surface area contributed by atoms with Gasteiger partial charge in [0.2, 0.25) is 0 Å². The molecule has 224 valence electrons. The van der Waals surface area contributed by atoms with Crippen LogP contribution in [0, 0.1) is 23.7 Å². The Labute approximate surface area is 246 Å². The number of amides is 2. The molecule has 41 heavy (non-hydrogen) atoms. The Hall–Kier alpha value is -3.28. The maximum Gasteiger partial charge on any atom is 0.256 e. The van der Waals surface area contributed by atoms with E-state index < -0.39 is 0 Å². The lowest BCUT2D eigenvalue weighted by Gasteiger charge is -2.44. The van der Waals surface area contributed by atoms with Gasteiger partial charge in [-0.2, -0.15) is 0 Å². The average Bonchev–Trinajstić information content (AvgIpc) is 2.99. The van der Waals surface area contributed by atoms with Gasteiger partial charge in [0.15, 0.2) is 0 Å². The number of rotatable bonds is 8. The number of fused-ring (bicyclic) bond motifs is 2. The fourth-order valence-electron chi connectivity index (χ4n) is 6.69. The maximum atomic E-state index is 12.8. The number of ether oxygens (including phenoxy) is 2. The molecule has 2 aliphatic carbocycles. The van der Waals surface area contributed by atoms with Crippen LogP contribution in [0.1, 0.15) is 85.6 Å². The number of aromatic hydroxyl groups is 1. The van der Waals surface area contributed by atoms with Crippen molar-refractivity contribution in [1.82, 2.24) is 4.90 Å². The molecule has 1 aliphatic heterocycles. The van der Waals surface area contributed by atoms with Gasteiger partial charge in [-0.25, -0.2) is 0 Å². The zero-order valence-electron chi connectivity index (χ0n) is 26.0. The molecule has 4 atom stereocenters. The highest BCUT2D eigenvalue weighted by atomic mass is 16.5. The van der Waals surface area contributed by atoms with Gasteiger partial charge in [-0.3, -0.25) is 14.5 Å². The molecule has 0 aromatic heterocycles. The Bertz CT molecular complexity index is 1170. The van der Waals surface area contributed by atoms with E-state index in [0.717, 1.165) is 23.7 Å². The lowest BCUT2D eigenvalue weighted by molar-refractivity contribution is -0.140. The molecule has 1 aromatic rings. The number of allylic oxidation sites excluding steroid dienone is 5. The molecule has 1 heterocycles. The number of hydrogen-bond acceptors (Lipinski definition) is 5. The van der Waals surface area contributed by atoms with Crippen LogP contribution < -0.4 is 4.74 Å². The maximum absolute atomic E-state index is 12.8. The predicted octanol–water partition coefficient (Wildman–Crippen LogP) is 7.84. The van der Waals surface area contributed by atoms with E-state index in [4.69, 9.17) is 9.47 Å². The first kappa shape index (κ1) is 32.2. The van der Waals surface area contributed by atoms with E-state index in [1.807, 2.05) is 19.9 Å². The Morgan fingerprint density at radius 1 is 0.976 bits per heavy atom. The van der Waals surface area contributed by atoms with Crippen molar-refractivity contribution in [3.05, 3.63) is 64.8 Å². The molecule has 0 radical (unpaired) electrons. The molecule has 4 unspecified atom stereocenters. The van der Waals surface area contributed by atoms with Gasteiger partial charge in [-0.1, -0.05) is 52.0 Å². The zero-order valence-corrected chi connectivity index (χ0v) is 26.0. The highest BCUT2D eigenvalue weighted by Gasteiger charge is 2.39. The molecule has 3 aliphatic rings. The average molecular weight is 564 g/mol. The molecule has 6 heteroatoms. The summed E-state index contributed by atoms with van der Waals surface area (Å²) in [5, 5.41) is 10.6. The largest absolute Gasteiger partial charge is 0.508 e. The molecule has 4 rings (SSSR count). The predicted molar refractivity (Wildman–Crippen MR) is 165 cm³/mol. The summed E-state index contributed by atoms with van der Waals surface area (Å²) in [6.45, 7) is 12.6. The summed E-state index contributed by atoms with van der Waals surface area (Å²) in [5.41, 5.74) is 3.24. The normalized spacial score (nSPS) is 28.9. The lowest BCUT2D eigenvalue weighted by Crippen LogP contribution is -2.39. The number of carbonyl (C=O) groups excluding carboxylic acids is 2. The molecular weight excluding hydrogens is 514 g/mol. The van der Waals surface area contributed by atoms with E-state index in [9.17, 15) is 14.7 Å². The number of nitrogens with zero attached hydrogens (tertiary/aromatic N) is 1. The minimum absolute atomic E-state index is 0.121. The van der Waals surface area contributed by atoms with Crippen molar-refractivity contribution in [3.8, 4) is 11.5 Å². The Morgan fingerprint density at radius 3 is 2.24 bits per heavy atom. The van der Waals surface area contributed by atoms with Crippen LogP contribution in [-0.2, 0) is 14.3 Å². The number of phenols is 1. The fraction of sp³-hybridized carbons (Fsp3) is 0.543. The van der Waals surface area contributed by atoms with Gasteiger partial charge in [-0.15, -0.1) is 0 Å². The van der Waals surface area contributed by atoms with Gasteiger partial charge >= 0.3 is 0 Å². The second-order valence-corrected chi connectivity index (χ2v) is 11.5. The first-order valence-corrected chi connectivity index (χ1v) is 15.3. The third-order valence-corrected chi connectivity index (χ3v) is 8.41. The molecule has 0 spiro atoms. The summed E-state index contributed by atoms with van der Waals surface area (Å²) in [4.78, 5) is 27.0. The van der Waals surface area contributed by atoms with E-state index in [0.29, 0.717) is 47.7 Å². The molecule has 2 saturated carbocycles. The molecule has 1 N–H and O–H groups in total. The Balaban J connectivity index is 0.00000226. The molecule has 2 bridgehead atoms. The molecule has 1 aromatic carbocycles. The standard InChI is InChI=1S/C33H43NO5.C2H6/c1-6-25-16-24-14-21(2)15-26(17-24)30(25)31(38-5)27-18-28(35)20-29(19-27)39-13-9-12-34-32(36)22(3)10-7-8-11-23(4)33(34)37;1-2/h7-8,10-11,18-21,24-26,35H,6,9,12-17H2,1-5H3;1-2H3/b8-7-,22-10+,23-11+,31-30-;. The Kier molecular flexibility index (Phi) is 11.9. The Morgan fingerprint density at radius 2 is 1.63 bits per heavy atom. The number of carbonyl (C=O) groups is 2. The molecule has 0 saturated heterocycles. The van der Waals surface area contributed by atoms with E-state index in [2.05, 4.69) is 13.8 Å². The SMILES string of the molecule is CC.CCC1CC2CC(C)CC(C2)/C1=C(\OC)c1cc(O)cc(OCCCN2C(=O)/C(C)=C/C=C\C=C(/C)C2=O)c1. The van der Waals surface area contributed by atoms with Crippen molar-refractivity contribution in [2.24, 2.45) is 23.7 Å². The van der Waals surface area contributed by atoms with Crippen molar-refractivity contribution in [2.45, 2.75) is 80.1 Å². The van der Waals surface area contributed by atoms with Crippen molar-refractivity contribution >= 4 is 17.6 Å². The minimum atomic E-state index is -0.299. The van der Waals surface area contributed by atoms with E-state index in [1.165, 1.54) is 36.2 Å². The van der Waals surface area contributed by atoms with Crippen LogP contribution in [-0.4, -0.2) is 42.1 Å². The number of imide groups is 1. The number of methoxy groups -OCH3 is 1. The monoisotopic (exact) mass is 563 g/mol. The highest BCUT2D eigenvalue weighted by molar-refractivity contribution is 6.09. The highest BCUT2D eigenvalue weighted by Crippen LogP contribution is 2.51. The van der Waals surface area contributed by atoms with Gasteiger partial charge in [0.25, 0.3) is 11.8 Å². The number of phenolic OH excluding ortho intramolecular Hbond substituents is 1. The second-order valence-electron chi connectivity index (χ2n) is 11.5. The van der Waals surface area contributed by atoms with Gasteiger partial charge in [0.05, 0.1) is 13.7 Å². The quantitative estimate of drug-likeness (QED) is 0.198. The first-order chi connectivity index (χ1) is 19.7. The zero-order chi connectivity index (χ0) is 30.1. The van der Waals surface area contributed by atoms with Crippen molar-refractivity contribution in [3.63, 3.8) is 0 Å². The van der Waals surface area contributed by atoms with Crippen LogP contribution in [0.15, 0.2) is 59.2 Å². The molecule has 2 amide bonds. The topological polar surface area (TPSA) is 76.1 Å². The van der Waals surface area contributed by atoms with E-state index in [-0.39, 0.29) is 24.1 Å². The smallest absolute Gasteiger partial charge is 0.256 e. The molecule has 2 fully saturated rings. The van der Waals surface area contributed by atoms with Crippen LogP contribution in [0.2, 0.25) is 0 Å². The van der Waals surface area contributed by atoms with Crippen LogP contribution in [0.25, 0.3) is 5.76 Å². The summed E-state index contributed by atoms with van der Waals surface area (Å²) in [7, 11) is 1.72. The van der Waals surface area contributed by atoms with Crippen LogP contribution in [0.5, 0.6) is 11.5 Å². The van der Waals surface area contributed by atoms with Crippen molar-refractivity contribution in [2.75, 3.05) is 20.3 Å². The van der Waals surface area contributed by atoms with Gasteiger partial charge in [-0.05, 0) is 93.7 Å². The van der Waals surface area contributed by atoms with Crippen LogP contribution >= 0.6 is 0 Å². The van der Waals surface area contributed by atoms with Gasteiger partial charge in [0.1, 0.15) is 17.3 Å². The van der Waals surface area contributed by atoms with Crippen LogP contribution in [0.4, 0.5) is 0 Å². The third-order valence-electron chi connectivity index (χ3n) is 8.41.